The van der Waals surface area contributed by atoms with Gasteiger partial charge in [-0.05, 0) is 61.7 Å². The third-order valence-electron chi connectivity index (χ3n) is 4.53. The van der Waals surface area contributed by atoms with Crippen LogP contribution in [0.4, 0.5) is 0 Å². The van der Waals surface area contributed by atoms with Crippen molar-refractivity contribution in [3.63, 3.8) is 0 Å². The Morgan fingerprint density at radius 2 is 2.07 bits per heavy atom. The van der Waals surface area contributed by atoms with Crippen molar-refractivity contribution >= 4 is 44.6 Å². The van der Waals surface area contributed by atoms with Gasteiger partial charge in [0.05, 0.1) is 28.2 Å². The number of nitrogens with zero attached hydrogens (tertiary/aromatic N) is 3. The van der Waals surface area contributed by atoms with Crippen LogP contribution in [0.1, 0.15) is 45.0 Å². The van der Waals surface area contributed by atoms with Crippen LogP contribution in [0.3, 0.4) is 0 Å². The van der Waals surface area contributed by atoms with Gasteiger partial charge in [0.2, 0.25) is 0 Å². The lowest BCUT2D eigenvalue weighted by Gasteiger charge is -2.14. The standard InChI is InChI=1S/C22H23BrClN3O2/c1-4-6-21-26-19-9-8-16(23)12-17(19)22(28)27(21)25-13-15-7-10-20(18(24)11-15)29-14(3)5-2/h7-14H,4-6H2,1-3H3/t14-/m1/s1. The second kappa shape index (κ2) is 9.55. The molecule has 3 rings (SSSR count). The minimum absolute atomic E-state index is 0.0881. The Labute approximate surface area is 183 Å². The highest BCUT2D eigenvalue weighted by Gasteiger charge is 2.11. The summed E-state index contributed by atoms with van der Waals surface area (Å²) < 4.78 is 7.99. The molecule has 0 fully saturated rings. The van der Waals surface area contributed by atoms with Crippen LogP contribution in [0, 0.1) is 0 Å². The molecule has 1 atom stereocenters. The lowest BCUT2D eigenvalue weighted by Crippen LogP contribution is -2.22. The van der Waals surface area contributed by atoms with E-state index in [4.69, 9.17) is 16.3 Å². The molecule has 3 aromatic rings. The molecular weight excluding hydrogens is 454 g/mol. The van der Waals surface area contributed by atoms with Crippen LogP contribution < -0.4 is 10.3 Å². The van der Waals surface area contributed by atoms with E-state index in [1.54, 1.807) is 18.3 Å². The zero-order chi connectivity index (χ0) is 21.0. The van der Waals surface area contributed by atoms with Gasteiger partial charge in [-0.1, -0.05) is 41.4 Å². The van der Waals surface area contributed by atoms with Crippen molar-refractivity contribution in [1.29, 1.82) is 0 Å². The molecule has 0 saturated heterocycles. The molecule has 0 spiro atoms. The van der Waals surface area contributed by atoms with Crippen molar-refractivity contribution in [2.45, 2.75) is 46.1 Å². The third-order valence-corrected chi connectivity index (χ3v) is 5.32. The molecule has 0 bridgehead atoms. The smallest absolute Gasteiger partial charge is 0.282 e. The summed E-state index contributed by atoms with van der Waals surface area (Å²) in [6.45, 7) is 6.10. The summed E-state index contributed by atoms with van der Waals surface area (Å²) in [4.78, 5) is 17.7. The van der Waals surface area contributed by atoms with Crippen LogP contribution in [0.5, 0.6) is 5.75 Å². The maximum atomic E-state index is 13.0. The van der Waals surface area contributed by atoms with Crippen LogP contribution >= 0.6 is 27.5 Å². The molecule has 0 N–H and O–H groups in total. The van der Waals surface area contributed by atoms with Crippen LogP contribution in [0.25, 0.3) is 10.9 Å². The van der Waals surface area contributed by atoms with Gasteiger partial charge in [-0.25, -0.2) is 4.98 Å². The molecule has 1 aromatic heterocycles. The van der Waals surface area contributed by atoms with E-state index in [0.717, 1.165) is 22.9 Å². The molecule has 0 aliphatic carbocycles. The molecule has 0 saturated carbocycles. The Hall–Kier alpha value is -2.18. The minimum Gasteiger partial charge on any atom is -0.489 e. The fraction of sp³-hybridized carbons (Fsp3) is 0.318. The van der Waals surface area contributed by atoms with E-state index >= 15 is 0 Å². The first-order valence-corrected chi connectivity index (χ1v) is 10.8. The first kappa shape index (κ1) is 21.5. The summed E-state index contributed by atoms with van der Waals surface area (Å²) in [7, 11) is 0. The number of halogens is 2. The quantitative estimate of drug-likeness (QED) is 0.403. The number of aromatic nitrogens is 2. The molecular formula is C22H23BrClN3O2. The molecule has 0 aliphatic rings. The van der Waals surface area contributed by atoms with E-state index in [1.807, 2.05) is 38.1 Å². The van der Waals surface area contributed by atoms with Gasteiger partial charge in [-0.2, -0.15) is 9.78 Å². The van der Waals surface area contributed by atoms with E-state index in [2.05, 4.69) is 32.9 Å². The Kier molecular flexibility index (Phi) is 7.09. The third kappa shape index (κ3) is 5.06. The highest BCUT2D eigenvalue weighted by atomic mass is 79.9. The average molecular weight is 477 g/mol. The lowest BCUT2D eigenvalue weighted by atomic mass is 10.2. The molecule has 0 amide bonds. The first-order valence-electron chi connectivity index (χ1n) is 9.64. The zero-order valence-electron chi connectivity index (χ0n) is 16.7. The van der Waals surface area contributed by atoms with Crippen LogP contribution in [0.15, 0.2) is 50.8 Å². The zero-order valence-corrected chi connectivity index (χ0v) is 19.0. The van der Waals surface area contributed by atoms with Crippen molar-refractivity contribution in [2.24, 2.45) is 5.10 Å². The Balaban J connectivity index is 1.99. The second-order valence-electron chi connectivity index (χ2n) is 6.83. The van der Waals surface area contributed by atoms with Gasteiger partial charge in [0.15, 0.2) is 0 Å². The van der Waals surface area contributed by atoms with Crippen molar-refractivity contribution < 1.29 is 4.74 Å². The monoisotopic (exact) mass is 475 g/mol. The van der Waals surface area contributed by atoms with E-state index in [1.165, 1.54) is 4.68 Å². The van der Waals surface area contributed by atoms with Gasteiger partial charge < -0.3 is 4.74 Å². The molecule has 0 unspecified atom stereocenters. The van der Waals surface area contributed by atoms with Crippen molar-refractivity contribution in [2.75, 3.05) is 0 Å². The van der Waals surface area contributed by atoms with Gasteiger partial charge in [-0.3, -0.25) is 4.79 Å². The van der Waals surface area contributed by atoms with Crippen molar-refractivity contribution in [1.82, 2.24) is 9.66 Å². The minimum atomic E-state index is -0.196. The van der Waals surface area contributed by atoms with Gasteiger partial charge in [0.25, 0.3) is 5.56 Å². The maximum Gasteiger partial charge on any atom is 0.282 e. The normalized spacial score (nSPS) is 12.6. The number of benzene rings is 2. The Morgan fingerprint density at radius 1 is 1.28 bits per heavy atom. The van der Waals surface area contributed by atoms with E-state index in [9.17, 15) is 4.79 Å². The average Bonchev–Trinajstić information content (AvgIpc) is 2.70. The van der Waals surface area contributed by atoms with E-state index < -0.39 is 0 Å². The largest absolute Gasteiger partial charge is 0.489 e. The summed E-state index contributed by atoms with van der Waals surface area (Å²) in [5, 5.41) is 5.45. The summed E-state index contributed by atoms with van der Waals surface area (Å²) in [6.07, 6.45) is 4.11. The second-order valence-corrected chi connectivity index (χ2v) is 8.15. The highest BCUT2D eigenvalue weighted by molar-refractivity contribution is 9.10. The number of rotatable bonds is 7. The maximum absolute atomic E-state index is 13.0. The van der Waals surface area contributed by atoms with Crippen molar-refractivity contribution in [3.8, 4) is 5.75 Å². The molecule has 1 heterocycles. The highest BCUT2D eigenvalue weighted by Crippen LogP contribution is 2.26. The number of hydrogen-bond donors (Lipinski definition) is 0. The van der Waals surface area contributed by atoms with Gasteiger partial charge in [-0.15, -0.1) is 0 Å². The van der Waals surface area contributed by atoms with Crippen LogP contribution in [-0.4, -0.2) is 22.0 Å². The molecule has 2 aromatic carbocycles. The fourth-order valence-electron chi connectivity index (χ4n) is 2.82. The number of fused-ring (bicyclic) bond motifs is 1. The molecule has 0 radical (unpaired) electrons. The SMILES string of the molecule is CCCc1nc2ccc(Br)cc2c(=O)n1N=Cc1ccc(O[C@H](C)CC)c(Cl)c1. The molecule has 29 heavy (non-hydrogen) atoms. The first-order chi connectivity index (χ1) is 13.9. The summed E-state index contributed by atoms with van der Waals surface area (Å²) >= 11 is 9.76. The predicted octanol–water partition coefficient (Wildman–Crippen LogP) is 5.82. The van der Waals surface area contributed by atoms with Crippen LogP contribution in [-0.2, 0) is 6.42 Å². The molecule has 0 aliphatic heterocycles. The number of hydrogen-bond acceptors (Lipinski definition) is 4. The Bertz CT molecular complexity index is 1110. The molecule has 152 valence electrons. The van der Waals surface area contributed by atoms with E-state index in [0.29, 0.717) is 33.9 Å². The summed E-state index contributed by atoms with van der Waals surface area (Å²) in [5.41, 5.74) is 1.25. The molecule has 5 nitrogen and oxygen atoms in total. The fourth-order valence-corrected chi connectivity index (χ4v) is 3.41. The van der Waals surface area contributed by atoms with Crippen molar-refractivity contribution in [3.05, 3.63) is 67.6 Å². The van der Waals surface area contributed by atoms with Gasteiger partial charge in [0, 0.05) is 10.9 Å². The predicted molar refractivity (Wildman–Crippen MR) is 123 cm³/mol. The Morgan fingerprint density at radius 3 is 2.76 bits per heavy atom. The van der Waals surface area contributed by atoms with E-state index in [-0.39, 0.29) is 11.7 Å². The topological polar surface area (TPSA) is 56.5 Å². The summed E-state index contributed by atoms with van der Waals surface area (Å²) in [6, 6.07) is 10.9. The lowest BCUT2D eigenvalue weighted by molar-refractivity contribution is 0.217. The van der Waals surface area contributed by atoms with Crippen LogP contribution in [0.2, 0.25) is 5.02 Å². The van der Waals surface area contributed by atoms with Gasteiger partial charge in [0.1, 0.15) is 11.6 Å². The summed E-state index contributed by atoms with van der Waals surface area (Å²) in [5.74, 6) is 1.27. The number of aryl methyl sites for hydroxylation is 1. The molecule has 7 heteroatoms. The van der Waals surface area contributed by atoms with Gasteiger partial charge >= 0.3 is 0 Å². The number of ether oxygens (including phenoxy) is 1.